The van der Waals surface area contributed by atoms with Crippen LogP contribution in [0.3, 0.4) is 0 Å². The molecule has 0 bridgehead atoms. The predicted octanol–water partition coefficient (Wildman–Crippen LogP) is 3.60. The number of hydrogen-bond donors (Lipinski definition) is 0. The number of amides is 1. The maximum atomic E-state index is 12.8. The lowest BCUT2D eigenvalue weighted by Crippen LogP contribution is -2.40. The van der Waals surface area contributed by atoms with Crippen LogP contribution in [0.4, 0.5) is 0 Å². The van der Waals surface area contributed by atoms with E-state index in [2.05, 4.69) is 4.99 Å². The van der Waals surface area contributed by atoms with Crippen molar-refractivity contribution in [3.8, 4) is 0 Å². The molecular formula is C19H22N2O3S. The summed E-state index contributed by atoms with van der Waals surface area (Å²) in [6, 6.07) is 7.39. The van der Waals surface area contributed by atoms with E-state index in [1.165, 1.54) is 11.8 Å². The number of carbonyl (C=O) groups is 2. The summed E-state index contributed by atoms with van der Waals surface area (Å²) in [5.41, 5.74) is 3.05. The van der Waals surface area contributed by atoms with E-state index < -0.39 is 12.0 Å². The highest BCUT2D eigenvalue weighted by Gasteiger charge is 2.46. The van der Waals surface area contributed by atoms with E-state index in [4.69, 9.17) is 4.74 Å². The Kier molecular flexibility index (Phi) is 4.73. The van der Waals surface area contributed by atoms with Crippen molar-refractivity contribution in [1.82, 2.24) is 4.90 Å². The van der Waals surface area contributed by atoms with Crippen molar-refractivity contribution in [3.05, 3.63) is 46.7 Å². The zero-order valence-electron chi connectivity index (χ0n) is 15.1. The van der Waals surface area contributed by atoms with Crippen LogP contribution in [0.5, 0.6) is 0 Å². The molecule has 2 heterocycles. The Morgan fingerprint density at radius 2 is 1.88 bits per heavy atom. The zero-order valence-corrected chi connectivity index (χ0v) is 15.9. The lowest BCUT2D eigenvalue weighted by Gasteiger charge is -2.33. The van der Waals surface area contributed by atoms with Crippen LogP contribution in [0, 0.1) is 6.92 Å². The average molecular weight is 358 g/mol. The normalized spacial score (nSPS) is 23.0. The smallest absolute Gasteiger partial charge is 0.338 e. The number of thioether (sulfide) groups is 1. The molecule has 1 fully saturated rings. The third kappa shape index (κ3) is 3.23. The van der Waals surface area contributed by atoms with Gasteiger partial charge in [0.05, 0.1) is 28.7 Å². The lowest BCUT2D eigenvalue weighted by molar-refractivity contribution is -0.143. The number of benzene rings is 1. The van der Waals surface area contributed by atoms with E-state index >= 15 is 0 Å². The number of carbonyl (C=O) groups excluding carboxylic acids is 2. The van der Waals surface area contributed by atoms with Crippen molar-refractivity contribution < 1.29 is 14.3 Å². The van der Waals surface area contributed by atoms with Gasteiger partial charge in [0.2, 0.25) is 5.91 Å². The maximum Gasteiger partial charge on any atom is 0.338 e. The maximum absolute atomic E-state index is 12.8. The number of hydrogen-bond acceptors (Lipinski definition) is 5. The van der Waals surface area contributed by atoms with Crippen LogP contribution in [-0.2, 0) is 14.3 Å². The van der Waals surface area contributed by atoms with Crippen molar-refractivity contribution in [3.63, 3.8) is 0 Å². The molecule has 0 radical (unpaired) electrons. The minimum absolute atomic E-state index is 0.0309. The highest BCUT2D eigenvalue weighted by atomic mass is 32.2. The molecular weight excluding hydrogens is 336 g/mol. The van der Waals surface area contributed by atoms with Gasteiger partial charge in [-0.15, -0.1) is 0 Å². The Bertz CT molecular complexity index is 780. The van der Waals surface area contributed by atoms with Crippen LogP contribution >= 0.6 is 11.8 Å². The molecule has 5 nitrogen and oxygen atoms in total. The van der Waals surface area contributed by atoms with Gasteiger partial charge in [0, 0.05) is 0 Å². The molecule has 25 heavy (non-hydrogen) atoms. The molecule has 0 N–H and O–H groups in total. The van der Waals surface area contributed by atoms with E-state index in [9.17, 15) is 9.59 Å². The van der Waals surface area contributed by atoms with Gasteiger partial charge in [-0.3, -0.25) is 9.69 Å². The fraction of sp³-hybridized carbons (Fsp3) is 0.421. The second kappa shape index (κ2) is 6.67. The third-order valence-corrected chi connectivity index (χ3v) is 5.27. The van der Waals surface area contributed by atoms with Crippen molar-refractivity contribution in [2.24, 2.45) is 4.99 Å². The van der Waals surface area contributed by atoms with Crippen molar-refractivity contribution >= 4 is 28.8 Å². The number of fused-ring (bicyclic) bond motifs is 1. The fourth-order valence-corrected chi connectivity index (χ4v) is 4.03. The van der Waals surface area contributed by atoms with Crippen LogP contribution in [0.15, 0.2) is 40.5 Å². The number of allylic oxidation sites excluding steroid dienone is 1. The summed E-state index contributed by atoms with van der Waals surface area (Å²) in [7, 11) is 0. The Labute approximate surface area is 152 Å². The monoisotopic (exact) mass is 358 g/mol. The first-order chi connectivity index (χ1) is 11.8. The average Bonchev–Trinajstić information content (AvgIpc) is 2.80. The van der Waals surface area contributed by atoms with Gasteiger partial charge in [-0.05, 0) is 40.2 Å². The quantitative estimate of drug-likeness (QED) is 0.775. The molecule has 2 aliphatic heterocycles. The minimum Gasteiger partial charge on any atom is -0.459 e. The molecule has 1 aromatic carbocycles. The van der Waals surface area contributed by atoms with Crippen molar-refractivity contribution in [2.75, 3.05) is 0 Å². The Hall–Kier alpha value is -2.08. The van der Waals surface area contributed by atoms with Gasteiger partial charge in [-0.25, -0.2) is 9.79 Å². The summed E-state index contributed by atoms with van der Waals surface area (Å²) in [4.78, 5) is 31.6. The number of ether oxygens (including phenoxy) is 1. The highest BCUT2D eigenvalue weighted by Crippen LogP contribution is 2.43. The molecule has 2 aliphatic rings. The summed E-state index contributed by atoms with van der Waals surface area (Å²) in [6.07, 6.45) is -0.237. The molecule has 0 aliphatic carbocycles. The molecule has 1 amide bonds. The van der Waals surface area contributed by atoms with Gasteiger partial charge in [0.25, 0.3) is 0 Å². The van der Waals surface area contributed by atoms with Crippen LogP contribution in [-0.4, -0.2) is 33.3 Å². The molecule has 1 saturated heterocycles. The first kappa shape index (κ1) is 17.7. The summed E-state index contributed by atoms with van der Waals surface area (Å²) >= 11 is 1.43. The van der Waals surface area contributed by atoms with Gasteiger partial charge in [0.1, 0.15) is 0 Å². The molecule has 2 unspecified atom stereocenters. The van der Waals surface area contributed by atoms with Crippen LogP contribution in [0.25, 0.3) is 0 Å². The zero-order chi connectivity index (χ0) is 18.3. The number of esters is 1. The SMILES string of the molecule is CC1=C(C(=O)OC(C)C)C(c2ccc(C)cc2)N2C(=O)C(C)SC2=N1. The van der Waals surface area contributed by atoms with E-state index in [0.29, 0.717) is 16.4 Å². The molecule has 0 aromatic heterocycles. The van der Waals surface area contributed by atoms with Gasteiger partial charge in [0.15, 0.2) is 5.17 Å². The van der Waals surface area contributed by atoms with E-state index in [1.807, 2.05) is 52.0 Å². The molecule has 6 heteroatoms. The van der Waals surface area contributed by atoms with Gasteiger partial charge in [-0.1, -0.05) is 41.6 Å². The summed E-state index contributed by atoms with van der Waals surface area (Å²) in [6.45, 7) is 9.29. The van der Waals surface area contributed by atoms with Crippen LogP contribution in [0.1, 0.15) is 44.9 Å². The first-order valence-corrected chi connectivity index (χ1v) is 9.24. The molecule has 0 spiro atoms. The Morgan fingerprint density at radius 3 is 2.48 bits per heavy atom. The lowest BCUT2D eigenvalue weighted by atomic mass is 9.93. The van der Waals surface area contributed by atoms with E-state index in [1.54, 1.807) is 11.8 Å². The summed E-state index contributed by atoms with van der Waals surface area (Å²) < 4.78 is 5.44. The fourth-order valence-electron chi connectivity index (χ4n) is 3.01. The molecule has 3 rings (SSSR count). The number of aryl methyl sites for hydroxylation is 1. The third-order valence-electron chi connectivity index (χ3n) is 4.21. The number of nitrogens with zero attached hydrogens (tertiary/aromatic N) is 2. The molecule has 2 atom stereocenters. The highest BCUT2D eigenvalue weighted by molar-refractivity contribution is 8.15. The largest absolute Gasteiger partial charge is 0.459 e. The van der Waals surface area contributed by atoms with E-state index in [-0.39, 0.29) is 17.3 Å². The second-order valence-corrected chi connectivity index (χ2v) is 7.94. The number of amidine groups is 1. The van der Waals surface area contributed by atoms with Crippen molar-refractivity contribution in [2.45, 2.75) is 52.0 Å². The van der Waals surface area contributed by atoms with Gasteiger partial charge in [-0.2, -0.15) is 0 Å². The molecule has 0 saturated carbocycles. The van der Waals surface area contributed by atoms with E-state index in [0.717, 1.165) is 11.1 Å². The topological polar surface area (TPSA) is 59.0 Å². The van der Waals surface area contributed by atoms with Crippen LogP contribution in [0.2, 0.25) is 0 Å². The molecule has 1 aromatic rings. The number of rotatable bonds is 3. The first-order valence-electron chi connectivity index (χ1n) is 8.36. The Balaban J connectivity index is 2.12. The predicted molar refractivity (Wildman–Crippen MR) is 99.2 cm³/mol. The van der Waals surface area contributed by atoms with Crippen LogP contribution < -0.4 is 0 Å². The van der Waals surface area contributed by atoms with Gasteiger partial charge >= 0.3 is 5.97 Å². The minimum atomic E-state index is -0.496. The Morgan fingerprint density at radius 1 is 1.24 bits per heavy atom. The second-order valence-electron chi connectivity index (χ2n) is 6.63. The van der Waals surface area contributed by atoms with Crippen molar-refractivity contribution in [1.29, 1.82) is 0 Å². The van der Waals surface area contributed by atoms with Gasteiger partial charge < -0.3 is 4.74 Å². The standard InChI is InChI=1S/C19H22N2O3S/c1-10(2)24-18(23)15-12(4)20-19-21(17(22)13(5)25-19)16(15)14-8-6-11(3)7-9-14/h6-10,13,16H,1-5H3. The molecule has 132 valence electrons. The summed E-state index contributed by atoms with van der Waals surface area (Å²) in [5.74, 6) is -0.449. The summed E-state index contributed by atoms with van der Waals surface area (Å²) in [5, 5.41) is 0.446. The number of aliphatic imine (C=N–C) groups is 1.